The number of para-hydroxylation sites is 1. The molecule has 7 nitrogen and oxygen atoms in total. The van der Waals surface area contributed by atoms with E-state index in [4.69, 9.17) is 14.2 Å². The predicted molar refractivity (Wildman–Crippen MR) is 112 cm³/mol. The topological polar surface area (TPSA) is 80.9 Å². The zero-order chi connectivity index (χ0) is 21.5. The number of ether oxygens (including phenoxy) is 3. The van der Waals surface area contributed by atoms with Crippen LogP contribution >= 0.6 is 0 Å². The number of amides is 1. The number of hydrogen-bond donors (Lipinski definition) is 1. The largest absolute Gasteiger partial charge is 0.462 e. The van der Waals surface area contributed by atoms with Crippen LogP contribution in [0.2, 0.25) is 0 Å². The summed E-state index contributed by atoms with van der Waals surface area (Å²) < 4.78 is 17.3. The fourth-order valence-corrected chi connectivity index (χ4v) is 5.53. The highest BCUT2D eigenvalue weighted by molar-refractivity contribution is 5.89. The summed E-state index contributed by atoms with van der Waals surface area (Å²) in [5.74, 6) is -0.998. The van der Waals surface area contributed by atoms with Gasteiger partial charge in [-0.15, -0.1) is 0 Å². The highest BCUT2D eigenvalue weighted by Gasteiger charge is 2.59. The summed E-state index contributed by atoms with van der Waals surface area (Å²) in [7, 11) is 3.25. The molecule has 3 aliphatic rings. The van der Waals surface area contributed by atoms with E-state index >= 15 is 0 Å². The van der Waals surface area contributed by atoms with Gasteiger partial charge in [0.25, 0.3) is 0 Å². The molecule has 4 atom stereocenters. The number of fused-ring (bicyclic) bond motifs is 4. The third-order valence-electron chi connectivity index (χ3n) is 6.81. The molecule has 1 amide bonds. The molecule has 1 aromatic heterocycles. The van der Waals surface area contributed by atoms with Crippen LogP contribution in [0.1, 0.15) is 32.3 Å². The van der Waals surface area contributed by atoms with Crippen molar-refractivity contribution in [1.29, 1.82) is 0 Å². The molecule has 2 saturated heterocycles. The summed E-state index contributed by atoms with van der Waals surface area (Å²) in [5.41, 5.74) is 1.99. The summed E-state index contributed by atoms with van der Waals surface area (Å²) in [6, 6.07) is 7.66. The molecular formula is C23H30N2O5. The van der Waals surface area contributed by atoms with Crippen LogP contribution in [0.15, 0.2) is 30.5 Å². The second kappa shape index (κ2) is 8.04. The van der Waals surface area contributed by atoms with Crippen molar-refractivity contribution < 1.29 is 23.8 Å². The number of nitrogens with zero attached hydrogens (tertiary/aromatic N) is 1. The molecule has 5 rings (SSSR count). The van der Waals surface area contributed by atoms with E-state index in [9.17, 15) is 9.59 Å². The van der Waals surface area contributed by atoms with Crippen LogP contribution in [-0.4, -0.2) is 60.5 Å². The van der Waals surface area contributed by atoms with E-state index in [0.717, 1.165) is 29.3 Å². The summed E-state index contributed by atoms with van der Waals surface area (Å²) >= 11 is 0. The number of carbonyl (C=O) groups excluding carboxylic acids is 2. The van der Waals surface area contributed by atoms with Crippen LogP contribution in [0.4, 0.5) is 0 Å². The van der Waals surface area contributed by atoms with Gasteiger partial charge in [-0.1, -0.05) is 18.2 Å². The first-order valence-electron chi connectivity index (χ1n) is 10.5. The quantitative estimate of drug-likeness (QED) is 0.581. The first kappa shape index (κ1) is 20.9. The van der Waals surface area contributed by atoms with Gasteiger partial charge < -0.3 is 24.1 Å². The Morgan fingerprint density at radius 3 is 2.70 bits per heavy atom. The number of aromatic nitrogens is 1. The number of rotatable bonds is 6. The van der Waals surface area contributed by atoms with Gasteiger partial charge in [-0.3, -0.25) is 9.59 Å². The number of methoxy groups -OCH3 is 2. The molecule has 1 saturated carbocycles. The zero-order valence-corrected chi connectivity index (χ0v) is 18.0. The summed E-state index contributed by atoms with van der Waals surface area (Å²) in [4.78, 5) is 30.2. The molecule has 1 N–H and O–H groups in total. The van der Waals surface area contributed by atoms with E-state index in [0.29, 0.717) is 13.0 Å². The molecular weight excluding hydrogens is 384 g/mol. The highest BCUT2D eigenvalue weighted by atomic mass is 16.7. The highest BCUT2D eigenvalue weighted by Crippen LogP contribution is 2.48. The zero-order valence-electron chi connectivity index (χ0n) is 18.0. The van der Waals surface area contributed by atoms with Crippen LogP contribution in [-0.2, 0) is 30.2 Å². The maximum absolute atomic E-state index is 13.5. The van der Waals surface area contributed by atoms with Crippen LogP contribution < -0.4 is 0 Å². The Labute approximate surface area is 176 Å². The number of aromatic amines is 1. The molecule has 0 radical (unpaired) electrons. The first-order chi connectivity index (χ1) is 14.4. The lowest BCUT2D eigenvalue weighted by Crippen LogP contribution is -2.70. The Bertz CT molecular complexity index is 935. The maximum atomic E-state index is 13.5. The number of benzene rings is 1. The molecule has 1 aromatic carbocycles. The lowest BCUT2D eigenvalue weighted by Gasteiger charge is -2.59. The number of carbonyl (C=O) groups is 2. The average molecular weight is 415 g/mol. The van der Waals surface area contributed by atoms with Gasteiger partial charge in [-0.05, 0) is 30.9 Å². The molecule has 30 heavy (non-hydrogen) atoms. The Hall–Kier alpha value is -2.38. The summed E-state index contributed by atoms with van der Waals surface area (Å²) in [6.07, 6.45) is 3.48. The smallest absolute Gasteiger partial charge is 0.302 e. The molecule has 2 aromatic rings. The van der Waals surface area contributed by atoms with Gasteiger partial charge in [0.05, 0.1) is 12.5 Å². The van der Waals surface area contributed by atoms with Crippen molar-refractivity contribution in [1.82, 2.24) is 9.88 Å². The van der Waals surface area contributed by atoms with Gasteiger partial charge >= 0.3 is 5.97 Å². The SMILES string of the molecule is COC1(OC)C[C@@H]2C[C@H]([C@@H](C)OC(C)=O)C1N(C(=O)Cc1c[nH]c3ccccc13)C2. The van der Waals surface area contributed by atoms with E-state index in [2.05, 4.69) is 4.98 Å². The molecule has 2 bridgehead atoms. The Morgan fingerprint density at radius 2 is 2.00 bits per heavy atom. The summed E-state index contributed by atoms with van der Waals surface area (Å²) in [6.45, 7) is 3.98. The Balaban J connectivity index is 1.64. The fraction of sp³-hybridized carbons (Fsp3) is 0.565. The number of piperidine rings is 2. The molecule has 162 valence electrons. The van der Waals surface area contributed by atoms with Gasteiger partial charge in [0, 0.05) is 57.1 Å². The minimum atomic E-state index is -0.893. The van der Waals surface area contributed by atoms with Gasteiger partial charge in [0.15, 0.2) is 5.79 Å². The van der Waals surface area contributed by atoms with Gasteiger partial charge in [0.1, 0.15) is 6.10 Å². The van der Waals surface area contributed by atoms with E-state index in [-0.39, 0.29) is 35.9 Å². The normalized spacial score (nSPS) is 26.0. The molecule has 1 aliphatic carbocycles. The number of H-pyrrole nitrogens is 1. The van der Waals surface area contributed by atoms with Crippen molar-refractivity contribution in [3.8, 4) is 0 Å². The summed E-state index contributed by atoms with van der Waals surface area (Å²) in [5, 5.41) is 1.06. The maximum Gasteiger partial charge on any atom is 0.302 e. The van der Waals surface area contributed by atoms with Crippen molar-refractivity contribution in [3.63, 3.8) is 0 Å². The molecule has 3 fully saturated rings. The average Bonchev–Trinajstić information content (AvgIpc) is 3.15. The second-order valence-electron chi connectivity index (χ2n) is 8.53. The minimum absolute atomic E-state index is 0.0349. The van der Waals surface area contributed by atoms with Crippen LogP contribution in [0, 0.1) is 11.8 Å². The monoisotopic (exact) mass is 414 g/mol. The van der Waals surface area contributed by atoms with Crippen molar-refractivity contribution >= 4 is 22.8 Å². The second-order valence-corrected chi connectivity index (χ2v) is 8.53. The molecule has 3 heterocycles. The lowest BCUT2D eigenvalue weighted by molar-refractivity contribution is -0.300. The minimum Gasteiger partial charge on any atom is -0.462 e. The third-order valence-corrected chi connectivity index (χ3v) is 6.81. The number of nitrogens with one attached hydrogen (secondary N) is 1. The Morgan fingerprint density at radius 1 is 1.27 bits per heavy atom. The number of esters is 1. The van der Waals surface area contributed by atoms with Crippen molar-refractivity contribution in [2.45, 2.75) is 51.0 Å². The molecule has 0 spiro atoms. The van der Waals surface area contributed by atoms with Crippen molar-refractivity contribution in [3.05, 3.63) is 36.0 Å². The lowest BCUT2D eigenvalue weighted by atomic mass is 9.67. The molecule has 1 unspecified atom stereocenters. The van der Waals surface area contributed by atoms with Gasteiger partial charge in [-0.2, -0.15) is 0 Å². The third kappa shape index (κ3) is 3.50. The van der Waals surface area contributed by atoms with E-state index in [1.807, 2.05) is 42.3 Å². The molecule has 2 aliphatic heterocycles. The van der Waals surface area contributed by atoms with Crippen molar-refractivity contribution in [2.75, 3.05) is 20.8 Å². The van der Waals surface area contributed by atoms with E-state index < -0.39 is 5.79 Å². The van der Waals surface area contributed by atoms with E-state index in [1.54, 1.807) is 14.2 Å². The first-order valence-corrected chi connectivity index (χ1v) is 10.5. The van der Waals surface area contributed by atoms with Gasteiger partial charge in [-0.25, -0.2) is 0 Å². The fourth-order valence-electron chi connectivity index (χ4n) is 5.53. The van der Waals surface area contributed by atoms with Crippen LogP contribution in [0.3, 0.4) is 0 Å². The van der Waals surface area contributed by atoms with E-state index in [1.165, 1.54) is 6.92 Å². The van der Waals surface area contributed by atoms with Crippen molar-refractivity contribution in [2.24, 2.45) is 11.8 Å². The van der Waals surface area contributed by atoms with Crippen LogP contribution in [0.5, 0.6) is 0 Å². The number of hydrogen-bond acceptors (Lipinski definition) is 5. The van der Waals surface area contributed by atoms with Crippen LogP contribution in [0.25, 0.3) is 10.9 Å². The molecule has 7 heteroatoms. The predicted octanol–water partition coefficient (Wildman–Crippen LogP) is 2.89. The Kier molecular flexibility index (Phi) is 5.59. The standard InChI is InChI=1S/C23H30N2O5/c1-14(30-15(2)26)19-9-16-11-23(28-3,29-4)22(19)25(13-16)21(27)10-17-12-24-20-8-6-5-7-18(17)20/h5-8,12,14,16,19,22,24H,9-11,13H2,1-4H3/t14-,16+,19-,22?/m1/s1. The van der Waals surface area contributed by atoms with Gasteiger partial charge in [0.2, 0.25) is 5.91 Å².